The van der Waals surface area contributed by atoms with Gasteiger partial charge in [0.15, 0.2) is 0 Å². The predicted molar refractivity (Wildman–Crippen MR) is 176 cm³/mol. The van der Waals surface area contributed by atoms with E-state index < -0.39 is 41.4 Å². The van der Waals surface area contributed by atoms with Gasteiger partial charge in [-0.25, -0.2) is 0 Å². The lowest BCUT2D eigenvalue weighted by atomic mass is 9.98. The number of nitrogens with one attached hydrogen (secondary N) is 3. The third kappa shape index (κ3) is 10.7. The minimum atomic E-state index is -0.934. The first-order valence-electron chi connectivity index (χ1n) is 15.9. The van der Waals surface area contributed by atoms with E-state index in [4.69, 9.17) is 0 Å². The van der Waals surface area contributed by atoms with Crippen LogP contribution in [0.25, 0.3) is 0 Å². The highest BCUT2D eigenvalue weighted by Gasteiger charge is 2.33. The highest BCUT2D eigenvalue weighted by Crippen LogP contribution is 2.17. The molecule has 0 spiro atoms. The number of likely N-dealkylation sites (N-methyl/N-ethyl adjacent to an activating group) is 1. The smallest absolute Gasteiger partial charge is 0.254 e. The largest absolute Gasteiger partial charge is 0.390 e. The second-order valence-corrected chi connectivity index (χ2v) is 13.1. The third-order valence-electron chi connectivity index (χ3n) is 8.13. The summed E-state index contributed by atoms with van der Waals surface area (Å²) in [5, 5.41) is 18.5. The second kappa shape index (κ2) is 16.4. The second-order valence-electron chi connectivity index (χ2n) is 13.1. The highest BCUT2D eigenvalue weighted by atomic mass is 16.3. The van der Waals surface area contributed by atoms with E-state index in [2.05, 4.69) is 16.0 Å². The van der Waals surface area contributed by atoms with Crippen LogP contribution in [0.3, 0.4) is 0 Å². The molecule has 0 bridgehead atoms. The van der Waals surface area contributed by atoms with Crippen molar-refractivity contribution in [1.29, 1.82) is 0 Å². The van der Waals surface area contributed by atoms with E-state index in [1.165, 1.54) is 16.8 Å². The van der Waals surface area contributed by atoms with Crippen LogP contribution < -0.4 is 16.0 Å². The summed E-state index contributed by atoms with van der Waals surface area (Å²) in [7, 11) is 1.48. The van der Waals surface area contributed by atoms with E-state index >= 15 is 0 Å². The van der Waals surface area contributed by atoms with Crippen LogP contribution in [-0.2, 0) is 32.0 Å². The number of carbonyl (C=O) groups excluding carboxylic acids is 5. The lowest BCUT2D eigenvalue weighted by Gasteiger charge is -2.32. The molecule has 0 radical (unpaired) electrons. The molecular weight excluding hydrogens is 586 g/mol. The van der Waals surface area contributed by atoms with Gasteiger partial charge in [-0.2, -0.15) is 0 Å². The first-order valence-corrected chi connectivity index (χ1v) is 15.9. The van der Waals surface area contributed by atoms with Gasteiger partial charge in [0, 0.05) is 32.1 Å². The number of benzene rings is 2. The van der Waals surface area contributed by atoms with Crippen molar-refractivity contribution in [2.24, 2.45) is 5.92 Å². The first kappa shape index (κ1) is 36.2. The van der Waals surface area contributed by atoms with Crippen LogP contribution >= 0.6 is 0 Å². The average Bonchev–Trinajstić information content (AvgIpc) is 3.01. The minimum absolute atomic E-state index is 0.157. The van der Waals surface area contributed by atoms with Crippen molar-refractivity contribution in [3.63, 3.8) is 0 Å². The summed E-state index contributed by atoms with van der Waals surface area (Å²) in [5.41, 5.74) is 1.42. The molecule has 46 heavy (non-hydrogen) atoms. The SMILES string of the molecule is CC(C)[C@@H]1NC(=O)[C@@H](C)N(C(=O)c2ccc(CCC(C)(C)O)cc2)CCCNC(=O)[C@H](Cc2ccccc2)NC(=O)CN(C)C1=O. The standard InChI is InChI=1S/C35H49N5O6/c1-23(2)30-34(45)39(6)22-29(41)37-28(21-26-11-8-7-9-12-26)32(43)36-19-10-20-40(24(3)31(42)38-30)33(44)27-15-13-25(14-16-27)17-18-35(4,5)46/h7-9,11-16,23-24,28,30,46H,10,17-22H2,1-6H3,(H,36,43)(H,37,41)(H,38,42)/t24-,28+,30+/m1/s1. The Morgan fingerprint density at radius 2 is 1.61 bits per heavy atom. The molecule has 2 aromatic carbocycles. The summed E-state index contributed by atoms with van der Waals surface area (Å²) in [6, 6.07) is 13.7. The lowest BCUT2D eigenvalue weighted by Crippen LogP contribution is -2.57. The van der Waals surface area contributed by atoms with Crippen molar-refractivity contribution in [2.75, 3.05) is 26.7 Å². The number of aliphatic hydroxyl groups is 1. The van der Waals surface area contributed by atoms with Gasteiger partial charge in [0.2, 0.25) is 23.6 Å². The summed E-state index contributed by atoms with van der Waals surface area (Å²) in [5.74, 6) is -2.50. The van der Waals surface area contributed by atoms with Gasteiger partial charge in [-0.15, -0.1) is 0 Å². The third-order valence-corrected chi connectivity index (χ3v) is 8.13. The van der Waals surface area contributed by atoms with Crippen molar-refractivity contribution in [1.82, 2.24) is 25.8 Å². The van der Waals surface area contributed by atoms with Crippen LogP contribution in [0, 0.1) is 5.92 Å². The number of carbonyl (C=O) groups is 5. The van der Waals surface area contributed by atoms with E-state index in [0.717, 1.165) is 11.1 Å². The Morgan fingerprint density at radius 1 is 0.957 bits per heavy atom. The maximum absolute atomic E-state index is 13.8. The first-order chi connectivity index (χ1) is 21.7. The Balaban J connectivity index is 1.87. The van der Waals surface area contributed by atoms with E-state index in [0.29, 0.717) is 24.8 Å². The van der Waals surface area contributed by atoms with Gasteiger partial charge in [0.05, 0.1) is 12.1 Å². The Bertz CT molecular complexity index is 1360. The number of aryl methyl sites for hydroxylation is 1. The van der Waals surface area contributed by atoms with Crippen LogP contribution in [0.15, 0.2) is 54.6 Å². The number of nitrogens with zero attached hydrogens (tertiary/aromatic N) is 2. The van der Waals surface area contributed by atoms with Crippen molar-refractivity contribution >= 4 is 29.5 Å². The topological polar surface area (TPSA) is 148 Å². The van der Waals surface area contributed by atoms with Crippen LogP contribution in [-0.4, -0.2) is 94.9 Å². The van der Waals surface area contributed by atoms with Gasteiger partial charge in [-0.1, -0.05) is 56.3 Å². The molecule has 0 aliphatic carbocycles. The maximum atomic E-state index is 13.8. The fourth-order valence-corrected chi connectivity index (χ4v) is 5.24. The molecule has 1 aliphatic rings. The summed E-state index contributed by atoms with van der Waals surface area (Å²) >= 11 is 0. The number of hydrogen-bond donors (Lipinski definition) is 4. The van der Waals surface area contributed by atoms with Gasteiger partial charge in [-0.3, -0.25) is 24.0 Å². The molecule has 1 fully saturated rings. The van der Waals surface area contributed by atoms with Gasteiger partial charge >= 0.3 is 0 Å². The molecule has 1 aliphatic heterocycles. The van der Waals surface area contributed by atoms with Crippen LogP contribution in [0.4, 0.5) is 0 Å². The molecule has 2 aromatic rings. The monoisotopic (exact) mass is 635 g/mol. The molecule has 4 N–H and O–H groups in total. The van der Waals surface area contributed by atoms with Crippen LogP contribution in [0.1, 0.15) is 68.9 Å². The predicted octanol–water partition coefficient (Wildman–Crippen LogP) is 2.07. The summed E-state index contributed by atoms with van der Waals surface area (Å²) in [4.78, 5) is 69.8. The normalized spacial score (nSPS) is 21.1. The van der Waals surface area contributed by atoms with Gasteiger partial charge in [0.1, 0.15) is 18.1 Å². The molecule has 0 unspecified atom stereocenters. The molecule has 250 valence electrons. The number of amides is 5. The zero-order chi connectivity index (χ0) is 34.0. The van der Waals surface area contributed by atoms with Gasteiger partial charge < -0.3 is 30.9 Å². The molecule has 0 saturated carbocycles. The van der Waals surface area contributed by atoms with Crippen molar-refractivity contribution < 1.29 is 29.1 Å². The maximum Gasteiger partial charge on any atom is 0.254 e. The van der Waals surface area contributed by atoms with Crippen molar-refractivity contribution in [2.45, 2.75) is 84.0 Å². The summed E-state index contributed by atoms with van der Waals surface area (Å²) in [6.07, 6.45) is 1.81. The Hall–Kier alpha value is -4.25. The fraction of sp³-hybridized carbons (Fsp3) is 0.514. The van der Waals surface area contributed by atoms with Crippen LogP contribution in [0.2, 0.25) is 0 Å². The number of rotatable bonds is 7. The van der Waals surface area contributed by atoms with Crippen LogP contribution in [0.5, 0.6) is 0 Å². The molecule has 1 saturated heterocycles. The molecule has 11 nitrogen and oxygen atoms in total. The highest BCUT2D eigenvalue weighted by molar-refractivity contribution is 5.98. The zero-order valence-corrected chi connectivity index (χ0v) is 27.8. The van der Waals surface area contributed by atoms with E-state index in [9.17, 15) is 29.1 Å². The fourth-order valence-electron chi connectivity index (χ4n) is 5.24. The van der Waals surface area contributed by atoms with Crippen molar-refractivity contribution in [3.05, 3.63) is 71.3 Å². The summed E-state index contributed by atoms with van der Waals surface area (Å²) < 4.78 is 0. The van der Waals surface area contributed by atoms with Gasteiger partial charge in [-0.05, 0) is 69.2 Å². The lowest BCUT2D eigenvalue weighted by molar-refractivity contribution is -0.140. The molecular formula is C35H49N5O6. The summed E-state index contributed by atoms with van der Waals surface area (Å²) in [6.45, 7) is 8.76. The quantitative estimate of drug-likeness (QED) is 0.366. The molecule has 0 aromatic heterocycles. The zero-order valence-electron chi connectivity index (χ0n) is 27.8. The van der Waals surface area contributed by atoms with E-state index in [1.54, 1.807) is 46.8 Å². The van der Waals surface area contributed by atoms with Crippen molar-refractivity contribution in [3.8, 4) is 0 Å². The van der Waals surface area contributed by atoms with E-state index in [1.807, 2.05) is 42.5 Å². The molecule has 3 atom stereocenters. The molecule has 1 heterocycles. The minimum Gasteiger partial charge on any atom is -0.390 e. The Morgan fingerprint density at radius 3 is 2.22 bits per heavy atom. The molecule has 3 rings (SSSR count). The number of hydrogen-bond acceptors (Lipinski definition) is 6. The Labute approximate surface area is 272 Å². The van der Waals surface area contributed by atoms with Gasteiger partial charge in [0.25, 0.3) is 5.91 Å². The van der Waals surface area contributed by atoms with E-state index in [-0.39, 0.29) is 43.8 Å². The Kier molecular flexibility index (Phi) is 12.9. The average molecular weight is 636 g/mol. The molecule has 5 amide bonds. The molecule has 11 heteroatoms.